The van der Waals surface area contributed by atoms with Gasteiger partial charge >= 0.3 is 0 Å². The second-order valence-corrected chi connectivity index (χ2v) is 7.25. The number of hydrogen-bond donors (Lipinski definition) is 0. The Kier molecular flexibility index (Phi) is 3.03. The molecule has 0 aromatic heterocycles. The Labute approximate surface area is 124 Å². The Balaban J connectivity index is 1.59. The minimum absolute atomic E-state index is 0.308. The van der Waals surface area contributed by atoms with Gasteiger partial charge < -0.3 is 4.74 Å². The maximum Gasteiger partial charge on any atom is 0.153 e. The summed E-state index contributed by atoms with van der Waals surface area (Å²) in [5, 5.41) is 0.588. The zero-order valence-electron chi connectivity index (χ0n) is 11.4. The van der Waals surface area contributed by atoms with Crippen LogP contribution in [0.2, 0.25) is 5.02 Å². The number of hydrogen-bond acceptors (Lipinski definition) is 2. The van der Waals surface area contributed by atoms with E-state index in [2.05, 4.69) is 0 Å². The van der Waals surface area contributed by atoms with E-state index in [1.165, 1.54) is 32.1 Å². The molecule has 0 unspecified atom stereocenters. The van der Waals surface area contributed by atoms with Crippen LogP contribution in [-0.2, 0) is 0 Å². The lowest BCUT2D eigenvalue weighted by atomic mass is 9.55. The minimum atomic E-state index is 0.308. The molecule has 0 amide bonds. The summed E-state index contributed by atoms with van der Waals surface area (Å²) in [6, 6.07) is 5.34. The van der Waals surface area contributed by atoms with Gasteiger partial charge in [-0.25, -0.2) is 0 Å². The van der Waals surface area contributed by atoms with Gasteiger partial charge in [0.15, 0.2) is 6.29 Å². The number of carbonyl (C=O) groups is 1. The Morgan fingerprint density at radius 3 is 2.30 bits per heavy atom. The molecule has 4 aliphatic carbocycles. The fraction of sp³-hybridized carbons (Fsp3) is 0.588. The average molecular weight is 291 g/mol. The van der Waals surface area contributed by atoms with Crippen molar-refractivity contribution in [3.63, 3.8) is 0 Å². The lowest BCUT2D eigenvalue weighted by molar-refractivity contribution is -0.0790. The molecule has 0 N–H and O–H groups in total. The van der Waals surface area contributed by atoms with Gasteiger partial charge in [0, 0.05) is 5.02 Å². The van der Waals surface area contributed by atoms with Crippen molar-refractivity contribution in [3.05, 3.63) is 28.8 Å². The number of rotatable bonds is 3. The van der Waals surface area contributed by atoms with Crippen molar-refractivity contribution in [1.82, 2.24) is 0 Å². The third-order valence-electron chi connectivity index (χ3n) is 5.50. The maximum absolute atomic E-state index is 11.2. The van der Waals surface area contributed by atoms with E-state index >= 15 is 0 Å². The molecule has 20 heavy (non-hydrogen) atoms. The van der Waals surface area contributed by atoms with Gasteiger partial charge in [0.05, 0.1) is 5.56 Å². The van der Waals surface area contributed by atoms with E-state index in [1.54, 1.807) is 12.1 Å². The minimum Gasteiger partial charge on any atom is -0.489 e. The van der Waals surface area contributed by atoms with Gasteiger partial charge in [0.25, 0.3) is 0 Å². The SMILES string of the molecule is O=Cc1cc(Cl)ccc1OC1C2CC3CC(C2)CC1C3. The molecular weight excluding hydrogens is 272 g/mol. The van der Waals surface area contributed by atoms with E-state index in [9.17, 15) is 4.79 Å². The molecule has 0 heterocycles. The lowest BCUT2D eigenvalue weighted by Crippen LogP contribution is -2.50. The van der Waals surface area contributed by atoms with Crippen LogP contribution in [0, 0.1) is 23.7 Å². The summed E-state index contributed by atoms with van der Waals surface area (Å²) in [6.45, 7) is 0. The molecule has 4 bridgehead atoms. The molecule has 4 aliphatic rings. The number of benzene rings is 1. The topological polar surface area (TPSA) is 26.3 Å². The summed E-state index contributed by atoms with van der Waals surface area (Å²) < 4.78 is 6.28. The monoisotopic (exact) mass is 290 g/mol. The Bertz CT molecular complexity index is 512. The van der Waals surface area contributed by atoms with E-state index in [1.807, 2.05) is 6.07 Å². The fourth-order valence-electron chi connectivity index (χ4n) is 4.93. The van der Waals surface area contributed by atoms with Gasteiger partial charge in [0.2, 0.25) is 0 Å². The first kappa shape index (κ1) is 12.7. The first-order valence-electron chi connectivity index (χ1n) is 7.64. The predicted molar refractivity (Wildman–Crippen MR) is 78.3 cm³/mol. The summed E-state index contributed by atoms with van der Waals surface area (Å²) in [4.78, 5) is 11.2. The molecule has 5 rings (SSSR count). The van der Waals surface area contributed by atoms with Crippen molar-refractivity contribution >= 4 is 17.9 Å². The molecule has 3 heteroatoms. The van der Waals surface area contributed by atoms with Crippen molar-refractivity contribution < 1.29 is 9.53 Å². The summed E-state index contributed by atoms with van der Waals surface area (Å²) >= 11 is 5.94. The van der Waals surface area contributed by atoms with Crippen LogP contribution in [0.1, 0.15) is 42.5 Å². The molecule has 0 radical (unpaired) electrons. The van der Waals surface area contributed by atoms with Crippen LogP contribution in [0.5, 0.6) is 5.75 Å². The molecule has 0 aliphatic heterocycles. The summed E-state index contributed by atoms with van der Waals surface area (Å²) in [5.74, 6) is 3.98. The van der Waals surface area contributed by atoms with Crippen LogP contribution >= 0.6 is 11.6 Å². The number of carbonyl (C=O) groups excluding carboxylic acids is 1. The predicted octanol–water partition coefficient (Wildman–Crippen LogP) is 4.36. The standard InChI is InChI=1S/C17H19ClO2/c18-15-1-2-16(14(8-15)9-19)20-17-12-4-10-3-11(6-12)7-13(17)5-10/h1-2,8-13,17H,3-7H2. The Morgan fingerprint density at radius 2 is 1.70 bits per heavy atom. The van der Waals surface area contributed by atoms with Crippen molar-refractivity contribution in [3.8, 4) is 5.75 Å². The van der Waals surface area contributed by atoms with Crippen LogP contribution in [0.25, 0.3) is 0 Å². The Morgan fingerprint density at radius 1 is 1.05 bits per heavy atom. The first-order chi connectivity index (χ1) is 9.72. The van der Waals surface area contributed by atoms with E-state index < -0.39 is 0 Å². The van der Waals surface area contributed by atoms with Gasteiger partial charge in [-0.2, -0.15) is 0 Å². The summed E-state index contributed by atoms with van der Waals surface area (Å²) in [5.41, 5.74) is 0.575. The van der Waals surface area contributed by atoms with Crippen LogP contribution in [-0.4, -0.2) is 12.4 Å². The van der Waals surface area contributed by atoms with E-state index in [-0.39, 0.29) is 0 Å². The highest BCUT2D eigenvalue weighted by Gasteiger charge is 2.49. The van der Waals surface area contributed by atoms with Crippen LogP contribution < -0.4 is 4.74 Å². The zero-order chi connectivity index (χ0) is 13.7. The number of ether oxygens (including phenoxy) is 1. The van der Waals surface area contributed by atoms with Crippen LogP contribution in [0.3, 0.4) is 0 Å². The van der Waals surface area contributed by atoms with Gasteiger partial charge in [-0.15, -0.1) is 0 Å². The molecule has 1 aromatic rings. The number of halogens is 1. The Hall–Kier alpha value is -1.02. The third kappa shape index (κ3) is 2.05. The van der Waals surface area contributed by atoms with E-state index in [0.29, 0.717) is 34.3 Å². The van der Waals surface area contributed by atoms with Gasteiger partial charge in [-0.3, -0.25) is 4.79 Å². The van der Waals surface area contributed by atoms with E-state index in [0.717, 1.165) is 18.1 Å². The molecule has 4 fully saturated rings. The number of aldehydes is 1. The molecule has 0 spiro atoms. The van der Waals surface area contributed by atoms with E-state index in [4.69, 9.17) is 16.3 Å². The summed E-state index contributed by atoms with van der Waals surface area (Å²) in [6.07, 6.45) is 7.88. The second kappa shape index (κ2) is 4.77. The molecular formula is C17H19ClO2. The largest absolute Gasteiger partial charge is 0.489 e. The second-order valence-electron chi connectivity index (χ2n) is 6.81. The highest BCUT2D eigenvalue weighted by atomic mass is 35.5. The normalized spacial score (nSPS) is 38.0. The average Bonchev–Trinajstić information content (AvgIpc) is 2.43. The van der Waals surface area contributed by atoms with Crippen molar-refractivity contribution in [2.24, 2.45) is 23.7 Å². The molecule has 4 saturated carbocycles. The smallest absolute Gasteiger partial charge is 0.153 e. The molecule has 0 saturated heterocycles. The summed E-state index contributed by atoms with van der Waals surface area (Å²) in [7, 11) is 0. The molecule has 2 nitrogen and oxygen atoms in total. The molecule has 1 aromatic carbocycles. The van der Waals surface area contributed by atoms with Crippen molar-refractivity contribution in [1.29, 1.82) is 0 Å². The van der Waals surface area contributed by atoms with Gasteiger partial charge in [0.1, 0.15) is 11.9 Å². The van der Waals surface area contributed by atoms with Crippen molar-refractivity contribution in [2.45, 2.75) is 38.2 Å². The molecule has 0 atom stereocenters. The van der Waals surface area contributed by atoms with Gasteiger partial charge in [-0.05, 0) is 74.0 Å². The highest BCUT2D eigenvalue weighted by Crippen LogP contribution is 2.54. The lowest BCUT2D eigenvalue weighted by Gasteiger charge is -2.53. The fourth-order valence-corrected chi connectivity index (χ4v) is 5.11. The quantitative estimate of drug-likeness (QED) is 0.773. The maximum atomic E-state index is 11.2. The first-order valence-corrected chi connectivity index (χ1v) is 8.02. The third-order valence-corrected chi connectivity index (χ3v) is 5.74. The zero-order valence-corrected chi connectivity index (χ0v) is 12.2. The molecule has 106 valence electrons. The van der Waals surface area contributed by atoms with Crippen LogP contribution in [0.15, 0.2) is 18.2 Å². The van der Waals surface area contributed by atoms with Gasteiger partial charge in [-0.1, -0.05) is 11.6 Å². The van der Waals surface area contributed by atoms with Crippen LogP contribution in [0.4, 0.5) is 0 Å². The van der Waals surface area contributed by atoms with Crippen molar-refractivity contribution in [2.75, 3.05) is 0 Å². The highest BCUT2D eigenvalue weighted by molar-refractivity contribution is 6.30.